The van der Waals surface area contributed by atoms with Crippen molar-refractivity contribution in [1.29, 1.82) is 0 Å². The fourth-order valence-electron chi connectivity index (χ4n) is 2.85. The van der Waals surface area contributed by atoms with E-state index in [0.717, 1.165) is 30.7 Å². The number of aromatic nitrogens is 2. The van der Waals surface area contributed by atoms with Gasteiger partial charge in [0.05, 0.1) is 19.1 Å². The van der Waals surface area contributed by atoms with Gasteiger partial charge >= 0.3 is 0 Å². The molecule has 1 aliphatic carbocycles. The average Bonchev–Trinajstić information content (AvgIpc) is 2.94. The van der Waals surface area contributed by atoms with Crippen LogP contribution in [0.5, 0.6) is 5.75 Å². The summed E-state index contributed by atoms with van der Waals surface area (Å²) in [6.45, 7) is 2.21. The molecule has 0 saturated heterocycles. The summed E-state index contributed by atoms with van der Waals surface area (Å²) in [7, 11) is 1.74. The molecule has 0 amide bonds. The lowest BCUT2D eigenvalue weighted by Crippen LogP contribution is -2.07. The van der Waals surface area contributed by atoms with Crippen molar-refractivity contribution in [3.8, 4) is 5.75 Å². The monoisotopic (exact) mass is 254 g/mol. The highest BCUT2D eigenvalue weighted by Gasteiger charge is 2.19. The van der Waals surface area contributed by atoms with Gasteiger partial charge in [-0.05, 0) is 37.0 Å². The molecule has 0 atom stereocenters. The molecule has 3 heteroatoms. The van der Waals surface area contributed by atoms with Gasteiger partial charge < -0.3 is 9.72 Å². The number of benzene rings is 1. The number of nitrogens with zero attached hydrogens (tertiary/aromatic N) is 1. The fourth-order valence-corrected chi connectivity index (χ4v) is 2.85. The van der Waals surface area contributed by atoms with Crippen molar-refractivity contribution in [3.05, 3.63) is 53.1 Å². The predicted molar refractivity (Wildman–Crippen MR) is 76.2 cm³/mol. The van der Waals surface area contributed by atoms with Crippen molar-refractivity contribution in [2.75, 3.05) is 7.11 Å². The molecular weight excluding hydrogens is 236 g/mol. The van der Waals surface area contributed by atoms with Gasteiger partial charge in [0.1, 0.15) is 5.75 Å². The standard InChI is InChI=1S/C16H18N2O/c1-11-12(8-13-9-17-10-18-13)6-7-15-14(11)4-3-5-16(15)19-2/h3-5,9-10H,6-8H2,1-2H3,(H,17,18). The van der Waals surface area contributed by atoms with Crippen molar-refractivity contribution in [1.82, 2.24) is 9.97 Å². The number of hydrogen-bond donors (Lipinski definition) is 1. The van der Waals surface area contributed by atoms with Crippen LogP contribution in [0.25, 0.3) is 5.57 Å². The summed E-state index contributed by atoms with van der Waals surface area (Å²) in [5.41, 5.74) is 6.64. The van der Waals surface area contributed by atoms with Crippen LogP contribution in [0.15, 0.2) is 36.3 Å². The largest absolute Gasteiger partial charge is 0.496 e. The Morgan fingerprint density at radius 1 is 1.32 bits per heavy atom. The molecule has 0 bridgehead atoms. The zero-order chi connectivity index (χ0) is 13.2. The van der Waals surface area contributed by atoms with Crippen LogP contribution in [0.2, 0.25) is 0 Å². The first kappa shape index (κ1) is 12.0. The number of ether oxygens (including phenoxy) is 1. The quantitative estimate of drug-likeness (QED) is 0.911. The number of allylic oxidation sites excluding steroid dienone is 2. The maximum absolute atomic E-state index is 5.46. The van der Waals surface area contributed by atoms with Crippen LogP contribution >= 0.6 is 0 Å². The maximum atomic E-state index is 5.46. The zero-order valence-electron chi connectivity index (χ0n) is 11.4. The number of aromatic amines is 1. The summed E-state index contributed by atoms with van der Waals surface area (Å²) >= 11 is 0. The first-order valence-electron chi connectivity index (χ1n) is 6.62. The summed E-state index contributed by atoms with van der Waals surface area (Å²) in [5, 5.41) is 0. The number of nitrogens with one attached hydrogen (secondary N) is 1. The molecule has 1 heterocycles. The van der Waals surface area contributed by atoms with E-state index in [4.69, 9.17) is 4.74 Å². The van der Waals surface area contributed by atoms with Crippen molar-refractivity contribution in [2.24, 2.45) is 0 Å². The van der Waals surface area contributed by atoms with Crippen molar-refractivity contribution in [2.45, 2.75) is 26.2 Å². The third-order valence-electron chi connectivity index (χ3n) is 3.91. The van der Waals surface area contributed by atoms with Crippen molar-refractivity contribution in [3.63, 3.8) is 0 Å². The Kier molecular flexibility index (Phi) is 3.11. The Bertz CT molecular complexity index is 612. The van der Waals surface area contributed by atoms with Gasteiger partial charge in [-0.2, -0.15) is 0 Å². The van der Waals surface area contributed by atoms with E-state index in [1.165, 1.54) is 22.3 Å². The van der Waals surface area contributed by atoms with E-state index in [2.05, 4.69) is 29.0 Å². The molecule has 3 rings (SSSR count). The van der Waals surface area contributed by atoms with Gasteiger partial charge in [0.15, 0.2) is 0 Å². The highest BCUT2D eigenvalue weighted by atomic mass is 16.5. The van der Waals surface area contributed by atoms with Gasteiger partial charge in [0.25, 0.3) is 0 Å². The Hall–Kier alpha value is -2.03. The van der Waals surface area contributed by atoms with E-state index in [-0.39, 0.29) is 0 Å². The number of H-pyrrole nitrogens is 1. The average molecular weight is 254 g/mol. The molecule has 0 fully saturated rings. The van der Waals surface area contributed by atoms with Crippen LogP contribution in [-0.4, -0.2) is 17.1 Å². The normalized spacial score (nSPS) is 14.4. The topological polar surface area (TPSA) is 37.9 Å². The van der Waals surface area contributed by atoms with E-state index in [1.807, 2.05) is 12.3 Å². The smallest absolute Gasteiger partial charge is 0.122 e. The second kappa shape index (κ2) is 4.92. The van der Waals surface area contributed by atoms with Crippen LogP contribution in [0.1, 0.15) is 30.2 Å². The Balaban J connectivity index is 1.99. The third-order valence-corrected chi connectivity index (χ3v) is 3.91. The first-order valence-corrected chi connectivity index (χ1v) is 6.62. The van der Waals surface area contributed by atoms with Crippen LogP contribution < -0.4 is 4.74 Å². The molecule has 1 aromatic heterocycles. The van der Waals surface area contributed by atoms with Gasteiger partial charge in [0, 0.05) is 18.2 Å². The van der Waals surface area contributed by atoms with Crippen molar-refractivity contribution < 1.29 is 4.74 Å². The molecule has 1 N–H and O–H groups in total. The van der Waals surface area contributed by atoms with E-state index < -0.39 is 0 Å². The molecule has 1 aliphatic rings. The van der Waals surface area contributed by atoms with E-state index in [1.54, 1.807) is 13.4 Å². The highest BCUT2D eigenvalue weighted by molar-refractivity contribution is 5.73. The SMILES string of the molecule is COc1cccc2c1CCC(Cc1c[nH]cn1)=C2C. The lowest BCUT2D eigenvalue weighted by molar-refractivity contribution is 0.409. The summed E-state index contributed by atoms with van der Waals surface area (Å²) in [4.78, 5) is 7.34. The molecule has 0 aliphatic heterocycles. The molecule has 1 aromatic carbocycles. The lowest BCUT2D eigenvalue weighted by Gasteiger charge is -2.23. The maximum Gasteiger partial charge on any atom is 0.122 e. The van der Waals surface area contributed by atoms with Crippen LogP contribution in [0.4, 0.5) is 0 Å². The number of hydrogen-bond acceptors (Lipinski definition) is 2. The molecule has 2 aromatic rings. The minimum atomic E-state index is 0.936. The molecular formula is C16H18N2O. The summed E-state index contributed by atoms with van der Waals surface area (Å²) in [6, 6.07) is 6.31. The molecule has 0 unspecified atom stereocenters. The fraction of sp³-hybridized carbons (Fsp3) is 0.312. The Labute approximate surface area is 113 Å². The van der Waals surface area contributed by atoms with Gasteiger partial charge in [-0.3, -0.25) is 0 Å². The first-order chi connectivity index (χ1) is 9.29. The van der Waals surface area contributed by atoms with E-state index >= 15 is 0 Å². The minimum Gasteiger partial charge on any atom is -0.496 e. The summed E-state index contributed by atoms with van der Waals surface area (Å²) in [6.07, 6.45) is 6.79. The second-order valence-corrected chi connectivity index (χ2v) is 4.95. The molecule has 98 valence electrons. The number of imidazole rings is 1. The Morgan fingerprint density at radius 3 is 2.95 bits per heavy atom. The van der Waals surface area contributed by atoms with Gasteiger partial charge in [-0.1, -0.05) is 17.7 Å². The van der Waals surface area contributed by atoms with E-state index in [9.17, 15) is 0 Å². The van der Waals surface area contributed by atoms with Crippen LogP contribution in [-0.2, 0) is 12.8 Å². The Morgan fingerprint density at radius 2 is 2.21 bits per heavy atom. The minimum absolute atomic E-state index is 0.936. The molecule has 0 spiro atoms. The van der Waals surface area contributed by atoms with Gasteiger partial charge in [-0.15, -0.1) is 0 Å². The molecule has 19 heavy (non-hydrogen) atoms. The number of methoxy groups -OCH3 is 1. The second-order valence-electron chi connectivity index (χ2n) is 4.95. The zero-order valence-corrected chi connectivity index (χ0v) is 11.4. The van der Waals surface area contributed by atoms with Crippen LogP contribution in [0.3, 0.4) is 0 Å². The summed E-state index contributed by atoms with van der Waals surface area (Å²) < 4.78 is 5.46. The predicted octanol–water partition coefficient (Wildman–Crippen LogP) is 3.38. The number of fused-ring (bicyclic) bond motifs is 1. The highest BCUT2D eigenvalue weighted by Crippen LogP contribution is 2.36. The van der Waals surface area contributed by atoms with Gasteiger partial charge in [-0.25, -0.2) is 4.98 Å². The summed E-state index contributed by atoms with van der Waals surface area (Å²) in [5.74, 6) is 1.01. The third kappa shape index (κ3) is 2.16. The molecule has 3 nitrogen and oxygen atoms in total. The number of rotatable bonds is 3. The van der Waals surface area contributed by atoms with E-state index in [0.29, 0.717) is 0 Å². The lowest BCUT2D eigenvalue weighted by atomic mass is 9.84. The van der Waals surface area contributed by atoms with Crippen LogP contribution in [0, 0.1) is 0 Å². The van der Waals surface area contributed by atoms with Crippen molar-refractivity contribution >= 4 is 5.57 Å². The molecule has 0 radical (unpaired) electrons. The molecule has 0 saturated carbocycles. The van der Waals surface area contributed by atoms with Gasteiger partial charge in [0.2, 0.25) is 0 Å².